The summed E-state index contributed by atoms with van der Waals surface area (Å²) in [6, 6.07) is 0. The van der Waals surface area contributed by atoms with E-state index in [0.29, 0.717) is 18.2 Å². The lowest BCUT2D eigenvalue weighted by atomic mass is 10.1. The number of Topliss-reactive ketones (excluding diaryl/α,β-unsaturated/α-hetero) is 1. The number of hydrogen-bond donors (Lipinski definition) is 0. The first-order valence-electron chi connectivity index (χ1n) is 10.4. The van der Waals surface area contributed by atoms with Gasteiger partial charge in [0.2, 0.25) is 0 Å². The maximum atomic E-state index is 12.8. The van der Waals surface area contributed by atoms with E-state index in [4.69, 9.17) is 9.05 Å². The van der Waals surface area contributed by atoms with E-state index in [-0.39, 0.29) is 18.2 Å². The summed E-state index contributed by atoms with van der Waals surface area (Å²) in [5, 5.41) is 0.476. The minimum atomic E-state index is -3.38. The van der Waals surface area contributed by atoms with E-state index in [2.05, 4.69) is 11.7 Å². The fourth-order valence-electron chi connectivity index (χ4n) is 2.94. The zero-order chi connectivity index (χ0) is 21.3. The number of hydrogen-bond acceptors (Lipinski definition) is 6. The summed E-state index contributed by atoms with van der Waals surface area (Å²) in [4.78, 5) is 23.3. The van der Waals surface area contributed by atoms with E-state index in [1.165, 1.54) is 21.3 Å². The van der Waals surface area contributed by atoms with Gasteiger partial charge in [0.15, 0.2) is 0 Å². The molecule has 164 valence electrons. The fraction of sp³-hybridized carbons (Fsp3) is 0.810. The van der Waals surface area contributed by atoms with Gasteiger partial charge < -0.3 is 13.8 Å². The van der Waals surface area contributed by atoms with Crippen molar-refractivity contribution in [3.8, 4) is 0 Å². The quantitative estimate of drug-likeness (QED) is 0.150. The molecule has 0 rings (SSSR count). The van der Waals surface area contributed by atoms with Crippen molar-refractivity contribution in [1.29, 1.82) is 0 Å². The molecule has 0 saturated carbocycles. The molecule has 7 heteroatoms. The number of methoxy groups -OCH3 is 1. The van der Waals surface area contributed by atoms with E-state index < -0.39 is 7.60 Å². The molecule has 0 N–H and O–H groups in total. The van der Waals surface area contributed by atoms with Crippen molar-refractivity contribution in [2.24, 2.45) is 0 Å². The molecule has 0 aromatic rings. The standard InChI is InChI=1S/C21H39O6P/c1-5-6-7-12-15-19(22)18-20(28(24,26-3)27-4)16-13-10-8-9-11-14-17-21(23)25-2/h16H,5-15,17-18H2,1-4H3/b20-16+. The Bertz CT molecular complexity index is 507. The molecule has 0 aliphatic carbocycles. The van der Waals surface area contributed by atoms with Crippen LogP contribution in [0.4, 0.5) is 0 Å². The Kier molecular flexibility index (Phi) is 16.4. The summed E-state index contributed by atoms with van der Waals surface area (Å²) < 4.78 is 27.6. The van der Waals surface area contributed by atoms with Gasteiger partial charge in [-0.3, -0.25) is 14.2 Å². The van der Waals surface area contributed by atoms with Crippen LogP contribution in [-0.4, -0.2) is 33.1 Å². The van der Waals surface area contributed by atoms with Gasteiger partial charge in [0, 0.05) is 38.8 Å². The molecule has 0 unspecified atom stereocenters. The van der Waals surface area contributed by atoms with Crippen molar-refractivity contribution in [2.45, 2.75) is 90.4 Å². The number of ether oxygens (including phenoxy) is 1. The number of ketones is 1. The number of rotatable bonds is 18. The third-order valence-electron chi connectivity index (χ3n) is 4.71. The third kappa shape index (κ3) is 12.5. The Morgan fingerprint density at radius 3 is 2.00 bits per heavy atom. The Morgan fingerprint density at radius 1 is 0.821 bits per heavy atom. The molecule has 6 nitrogen and oxygen atoms in total. The molecular weight excluding hydrogens is 379 g/mol. The zero-order valence-electron chi connectivity index (χ0n) is 18.2. The lowest BCUT2D eigenvalue weighted by molar-refractivity contribution is -0.140. The van der Waals surface area contributed by atoms with Crippen LogP contribution < -0.4 is 0 Å². The number of allylic oxidation sites excluding steroid dienone is 2. The lowest BCUT2D eigenvalue weighted by Gasteiger charge is -2.17. The second-order valence-corrected chi connectivity index (χ2v) is 9.27. The largest absolute Gasteiger partial charge is 0.469 e. The van der Waals surface area contributed by atoms with Gasteiger partial charge in [0.05, 0.1) is 7.11 Å². The zero-order valence-corrected chi connectivity index (χ0v) is 19.1. The number of carbonyl (C=O) groups is 2. The fourth-order valence-corrected chi connectivity index (χ4v) is 4.28. The molecule has 0 heterocycles. The molecule has 0 aliphatic rings. The summed E-state index contributed by atoms with van der Waals surface area (Å²) in [7, 11) is 0.726. The predicted molar refractivity (Wildman–Crippen MR) is 112 cm³/mol. The minimum Gasteiger partial charge on any atom is -0.469 e. The number of unbranched alkanes of at least 4 members (excludes halogenated alkanes) is 8. The van der Waals surface area contributed by atoms with Crippen molar-refractivity contribution in [2.75, 3.05) is 21.3 Å². The molecule has 0 amide bonds. The highest BCUT2D eigenvalue weighted by molar-refractivity contribution is 7.58. The van der Waals surface area contributed by atoms with Gasteiger partial charge in [0.25, 0.3) is 0 Å². The number of esters is 1. The van der Waals surface area contributed by atoms with Crippen LogP contribution in [0, 0.1) is 0 Å². The summed E-state index contributed by atoms with van der Waals surface area (Å²) in [5.74, 6) is -0.0821. The Labute approximate surface area is 170 Å². The normalized spacial score (nSPS) is 12.2. The van der Waals surface area contributed by atoms with Gasteiger partial charge in [-0.2, -0.15) is 0 Å². The van der Waals surface area contributed by atoms with Crippen LogP contribution in [0.1, 0.15) is 90.4 Å². The van der Waals surface area contributed by atoms with Crippen LogP contribution in [0.15, 0.2) is 11.4 Å². The Hall–Kier alpha value is -0.970. The van der Waals surface area contributed by atoms with Crippen LogP contribution >= 0.6 is 7.60 Å². The van der Waals surface area contributed by atoms with E-state index in [1.807, 2.05) is 6.08 Å². The first-order valence-corrected chi connectivity index (χ1v) is 12.0. The third-order valence-corrected chi connectivity index (χ3v) is 6.72. The van der Waals surface area contributed by atoms with Gasteiger partial charge in [-0.25, -0.2) is 0 Å². The number of carbonyl (C=O) groups excluding carboxylic acids is 2. The second-order valence-electron chi connectivity index (χ2n) is 6.97. The summed E-state index contributed by atoms with van der Waals surface area (Å²) >= 11 is 0. The van der Waals surface area contributed by atoms with Crippen LogP contribution in [0.3, 0.4) is 0 Å². The van der Waals surface area contributed by atoms with Crippen molar-refractivity contribution < 1.29 is 27.9 Å². The monoisotopic (exact) mass is 418 g/mol. The molecule has 0 bridgehead atoms. The van der Waals surface area contributed by atoms with E-state index in [0.717, 1.165) is 64.2 Å². The van der Waals surface area contributed by atoms with E-state index >= 15 is 0 Å². The Morgan fingerprint density at radius 2 is 1.39 bits per heavy atom. The molecule has 0 aromatic carbocycles. The first kappa shape index (κ1) is 27.0. The minimum absolute atomic E-state index is 0.0829. The average molecular weight is 419 g/mol. The van der Waals surface area contributed by atoms with Crippen LogP contribution in [0.25, 0.3) is 0 Å². The highest BCUT2D eigenvalue weighted by Gasteiger charge is 2.28. The maximum Gasteiger partial charge on any atom is 0.356 e. The van der Waals surface area contributed by atoms with Crippen molar-refractivity contribution in [3.05, 3.63) is 11.4 Å². The molecule has 0 fully saturated rings. The molecule has 0 spiro atoms. The van der Waals surface area contributed by atoms with Gasteiger partial charge in [-0.05, 0) is 25.7 Å². The molecule has 0 atom stereocenters. The highest BCUT2D eigenvalue weighted by atomic mass is 31.2. The van der Waals surface area contributed by atoms with Gasteiger partial charge in [0.1, 0.15) is 5.78 Å². The molecule has 28 heavy (non-hydrogen) atoms. The first-order chi connectivity index (χ1) is 13.4. The molecule has 0 saturated heterocycles. The molecule has 0 aliphatic heterocycles. The highest BCUT2D eigenvalue weighted by Crippen LogP contribution is 2.56. The van der Waals surface area contributed by atoms with Crippen molar-refractivity contribution >= 4 is 19.3 Å². The average Bonchev–Trinajstić information content (AvgIpc) is 2.71. The SMILES string of the molecule is CCCCCCC(=O)C/C(=C\CCCCCCCC(=O)OC)P(=O)(OC)OC. The van der Waals surface area contributed by atoms with E-state index in [1.54, 1.807) is 0 Å². The molecule has 0 radical (unpaired) electrons. The second kappa shape index (κ2) is 16.9. The van der Waals surface area contributed by atoms with Crippen molar-refractivity contribution in [1.82, 2.24) is 0 Å². The summed E-state index contributed by atoms with van der Waals surface area (Å²) in [6.07, 6.45) is 12.6. The summed E-state index contributed by atoms with van der Waals surface area (Å²) in [5.41, 5.74) is 0. The maximum absolute atomic E-state index is 12.8. The molecule has 0 aromatic heterocycles. The van der Waals surface area contributed by atoms with Gasteiger partial charge in [-0.15, -0.1) is 0 Å². The predicted octanol–water partition coefficient (Wildman–Crippen LogP) is 6.19. The summed E-state index contributed by atoms with van der Waals surface area (Å²) in [6.45, 7) is 2.13. The lowest BCUT2D eigenvalue weighted by Crippen LogP contribution is -2.03. The Balaban J connectivity index is 4.43. The molecular formula is C21H39O6P. The van der Waals surface area contributed by atoms with Crippen LogP contribution in [-0.2, 0) is 27.9 Å². The van der Waals surface area contributed by atoms with Crippen LogP contribution in [0.2, 0.25) is 0 Å². The van der Waals surface area contributed by atoms with Crippen molar-refractivity contribution in [3.63, 3.8) is 0 Å². The smallest absolute Gasteiger partial charge is 0.356 e. The van der Waals surface area contributed by atoms with Gasteiger partial charge >= 0.3 is 13.6 Å². The topological polar surface area (TPSA) is 78.9 Å². The van der Waals surface area contributed by atoms with Gasteiger partial charge in [-0.1, -0.05) is 51.5 Å². The van der Waals surface area contributed by atoms with Crippen LogP contribution in [0.5, 0.6) is 0 Å². The van der Waals surface area contributed by atoms with E-state index in [9.17, 15) is 14.2 Å².